The molecule has 0 aromatic carbocycles. The molecule has 0 radical (unpaired) electrons. The van der Waals surface area contributed by atoms with E-state index < -0.39 is 0 Å². The van der Waals surface area contributed by atoms with Gasteiger partial charge in [-0.2, -0.15) is 5.10 Å². The Hall–Kier alpha value is -2.41. The second kappa shape index (κ2) is 8.02. The normalized spacial score (nSPS) is 18.9. The number of hydrogen-bond acceptors (Lipinski definition) is 5. The maximum Gasteiger partial charge on any atom is 0.157 e. The Kier molecular flexibility index (Phi) is 5.23. The molecule has 30 heavy (non-hydrogen) atoms. The second-order valence-electron chi connectivity index (χ2n) is 9.25. The fourth-order valence-corrected chi connectivity index (χ4v) is 5.00. The van der Waals surface area contributed by atoms with E-state index in [0.717, 1.165) is 56.9 Å². The lowest BCUT2D eigenvalue weighted by Crippen LogP contribution is -2.32. The van der Waals surface area contributed by atoms with Gasteiger partial charge in [-0.25, -0.2) is 9.97 Å². The summed E-state index contributed by atoms with van der Waals surface area (Å²) in [5, 5.41) is 4.31. The minimum Gasteiger partial charge on any atom is -0.355 e. The number of nitrogens with zero attached hydrogens (tertiary/aromatic N) is 7. The molecule has 2 aliphatic rings. The maximum absolute atomic E-state index is 5.21. The Morgan fingerprint density at radius 2 is 1.87 bits per heavy atom. The van der Waals surface area contributed by atoms with E-state index >= 15 is 0 Å². The van der Waals surface area contributed by atoms with Crippen molar-refractivity contribution in [2.24, 2.45) is 7.05 Å². The van der Waals surface area contributed by atoms with Crippen molar-refractivity contribution in [2.75, 3.05) is 31.1 Å². The van der Waals surface area contributed by atoms with E-state index in [0.29, 0.717) is 12.0 Å². The number of piperidine rings is 1. The quantitative estimate of drug-likeness (QED) is 0.645. The minimum atomic E-state index is 0.401. The number of aryl methyl sites for hydroxylation is 1. The highest BCUT2D eigenvalue weighted by atomic mass is 15.2. The van der Waals surface area contributed by atoms with Crippen molar-refractivity contribution in [1.29, 1.82) is 0 Å². The molecule has 0 atom stereocenters. The Bertz CT molecular complexity index is 1000. The van der Waals surface area contributed by atoms with Crippen LogP contribution in [0.1, 0.15) is 62.7 Å². The largest absolute Gasteiger partial charge is 0.355 e. The predicted octanol–water partition coefficient (Wildman–Crippen LogP) is 3.73. The van der Waals surface area contributed by atoms with Crippen molar-refractivity contribution >= 4 is 16.9 Å². The lowest BCUT2D eigenvalue weighted by atomic mass is 9.92. The van der Waals surface area contributed by atoms with Crippen LogP contribution in [0.4, 0.5) is 5.82 Å². The van der Waals surface area contributed by atoms with Gasteiger partial charge >= 0.3 is 0 Å². The van der Waals surface area contributed by atoms with Crippen LogP contribution in [0.3, 0.4) is 0 Å². The van der Waals surface area contributed by atoms with Gasteiger partial charge in [-0.1, -0.05) is 0 Å². The first-order valence-electron chi connectivity index (χ1n) is 11.4. The maximum atomic E-state index is 5.21. The summed E-state index contributed by atoms with van der Waals surface area (Å²) in [6.45, 7) is 9.88. The van der Waals surface area contributed by atoms with Gasteiger partial charge in [0.05, 0.1) is 18.0 Å². The average molecular weight is 408 g/mol. The van der Waals surface area contributed by atoms with E-state index in [1.807, 2.05) is 24.3 Å². The number of aromatic nitrogens is 5. The molecule has 0 amide bonds. The van der Waals surface area contributed by atoms with Crippen LogP contribution in [0.5, 0.6) is 0 Å². The lowest BCUT2D eigenvalue weighted by molar-refractivity contribution is 0.203. The second-order valence-corrected chi connectivity index (χ2v) is 9.25. The van der Waals surface area contributed by atoms with Gasteiger partial charge in [0.1, 0.15) is 5.52 Å². The van der Waals surface area contributed by atoms with Gasteiger partial charge in [0, 0.05) is 56.1 Å². The minimum absolute atomic E-state index is 0.401. The van der Waals surface area contributed by atoms with Crippen LogP contribution in [-0.2, 0) is 13.6 Å². The summed E-state index contributed by atoms with van der Waals surface area (Å²) in [5.41, 5.74) is 4.87. The average Bonchev–Trinajstić information content (AvgIpc) is 3.48. The summed E-state index contributed by atoms with van der Waals surface area (Å²) >= 11 is 0. The number of imidazole rings is 1. The predicted molar refractivity (Wildman–Crippen MR) is 120 cm³/mol. The molecule has 2 aliphatic heterocycles. The van der Waals surface area contributed by atoms with Gasteiger partial charge in [0.2, 0.25) is 0 Å². The first-order chi connectivity index (χ1) is 14.6. The van der Waals surface area contributed by atoms with Crippen molar-refractivity contribution < 1.29 is 0 Å². The van der Waals surface area contributed by atoms with Gasteiger partial charge < -0.3 is 9.47 Å². The molecule has 160 valence electrons. The molecule has 5 heterocycles. The number of likely N-dealkylation sites (tertiary alicyclic amines) is 1. The lowest BCUT2D eigenvalue weighted by Gasteiger charge is -2.32. The smallest absolute Gasteiger partial charge is 0.157 e. The Morgan fingerprint density at radius 1 is 1.10 bits per heavy atom. The zero-order chi connectivity index (χ0) is 20.7. The Balaban J connectivity index is 1.39. The Morgan fingerprint density at radius 3 is 2.53 bits per heavy atom. The molecule has 2 saturated heterocycles. The van der Waals surface area contributed by atoms with Crippen molar-refractivity contribution in [1.82, 2.24) is 29.2 Å². The zero-order valence-corrected chi connectivity index (χ0v) is 18.5. The van der Waals surface area contributed by atoms with Crippen molar-refractivity contribution in [3.63, 3.8) is 0 Å². The molecule has 3 aromatic rings. The third kappa shape index (κ3) is 3.71. The first-order valence-corrected chi connectivity index (χ1v) is 11.4. The third-order valence-corrected chi connectivity index (χ3v) is 6.70. The topological polar surface area (TPSA) is 55.0 Å². The summed E-state index contributed by atoms with van der Waals surface area (Å²) in [5.74, 6) is 1.63. The van der Waals surface area contributed by atoms with Crippen LogP contribution in [0.2, 0.25) is 0 Å². The number of anilines is 1. The highest BCUT2D eigenvalue weighted by Crippen LogP contribution is 2.34. The van der Waals surface area contributed by atoms with Crippen molar-refractivity contribution in [3.05, 3.63) is 36.0 Å². The molecule has 0 unspecified atom stereocenters. The molecule has 7 nitrogen and oxygen atoms in total. The van der Waals surface area contributed by atoms with E-state index in [1.165, 1.54) is 29.6 Å². The van der Waals surface area contributed by atoms with Crippen molar-refractivity contribution in [2.45, 2.75) is 58.0 Å². The molecule has 0 spiro atoms. The van der Waals surface area contributed by atoms with E-state index in [-0.39, 0.29) is 0 Å². The summed E-state index contributed by atoms with van der Waals surface area (Å²) in [6.07, 6.45) is 10.9. The van der Waals surface area contributed by atoms with Crippen LogP contribution in [0.15, 0.2) is 24.8 Å². The fourth-order valence-electron chi connectivity index (χ4n) is 5.00. The molecular formula is C23H33N7. The number of rotatable bonds is 5. The number of fused-ring (bicyclic) bond motifs is 1. The highest BCUT2D eigenvalue weighted by Gasteiger charge is 2.26. The van der Waals surface area contributed by atoms with Gasteiger partial charge in [-0.05, 0) is 58.7 Å². The standard InChI is InChI=1S/C23H33N7/c1-17(2)30-16-24-22-21(30)12-20(26-23(22)29-8-4-5-9-29)19-6-10-28(11-7-19)15-18-13-25-27(3)14-18/h12-14,16-17,19H,4-11,15H2,1-3H3. The summed E-state index contributed by atoms with van der Waals surface area (Å²) in [7, 11) is 1.98. The molecule has 2 fully saturated rings. The molecule has 7 heteroatoms. The van der Waals surface area contributed by atoms with E-state index in [1.54, 1.807) is 0 Å². The van der Waals surface area contributed by atoms with E-state index in [2.05, 4.69) is 45.6 Å². The third-order valence-electron chi connectivity index (χ3n) is 6.70. The monoisotopic (exact) mass is 407 g/mol. The first kappa shape index (κ1) is 19.5. The van der Waals surface area contributed by atoms with Crippen LogP contribution < -0.4 is 4.90 Å². The molecule has 0 bridgehead atoms. The zero-order valence-electron chi connectivity index (χ0n) is 18.5. The van der Waals surface area contributed by atoms with Crippen LogP contribution >= 0.6 is 0 Å². The summed E-state index contributed by atoms with van der Waals surface area (Å²) < 4.78 is 4.19. The van der Waals surface area contributed by atoms with Crippen LogP contribution in [0, 0.1) is 0 Å². The number of hydrogen-bond donors (Lipinski definition) is 0. The Labute approximate surface area is 178 Å². The van der Waals surface area contributed by atoms with Gasteiger partial charge in [0.25, 0.3) is 0 Å². The number of pyridine rings is 1. The summed E-state index contributed by atoms with van der Waals surface area (Å²) in [6, 6.07) is 2.72. The fraction of sp³-hybridized carbons (Fsp3) is 0.609. The van der Waals surface area contributed by atoms with Gasteiger partial charge in [-0.15, -0.1) is 0 Å². The van der Waals surface area contributed by atoms with Crippen LogP contribution in [-0.4, -0.2) is 55.4 Å². The molecule has 5 rings (SSSR count). The molecule has 0 aliphatic carbocycles. The molecular weight excluding hydrogens is 374 g/mol. The van der Waals surface area contributed by atoms with E-state index in [9.17, 15) is 0 Å². The van der Waals surface area contributed by atoms with Gasteiger partial charge in [0.15, 0.2) is 5.82 Å². The molecule has 0 N–H and O–H groups in total. The SMILES string of the molecule is CC(C)n1cnc2c(N3CCCC3)nc(C3CCN(Cc4cnn(C)c4)CC3)cc21. The van der Waals surface area contributed by atoms with Crippen molar-refractivity contribution in [3.8, 4) is 0 Å². The van der Waals surface area contributed by atoms with Gasteiger partial charge in [-0.3, -0.25) is 9.58 Å². The molecule has 0 saturated carbocycles. The van der Waals surface area contributed by atoms with Crippen LogP contribution in [0.25, 0.3) is 11.0 Å². The summed E-state index contributed by atoms with van der Waals surface area (Å²) in [4.78, 5) is 15.0. The highest BCUT2D eigenvalue weighted by molar-refractivity contribution is 5.87. The molecule has 3 aromatic heterocycles. The van der Waals surface area contributed by atoms with E-state index in [4.69, 9.17) is 9.97 Å².